The quantitative estimate of drug-likeness (QED) is 0.148. The van der Waals surface area contributed by atoms with Crippen LogP contribution in [0.15, 0.2) is 243 Å². The summed E-state index contributed by atoms with van der Waals surface area (Å²) >= 11 is 0. The topological polar surface area (TPSA) is 48.4 Å². The van der Waals surface area contributed by atoms with Crippen LogP contribution in [0, 0.1) is 0 Å². The van der Waals surface area contributed by atoms with E-state index in [4.69, 9.17) is 15.0 Å². The molecular weight excluding hydrogens is 1230 g/mol. The molecule has 0 spiro atoms. The molecule has 3 saturated carbocycles. The molecule has 0 saturated heterocycles. The normalized spacial score (nSPS) is 24.4. The van der Waals surface area contributed by atoms with Crippen LogP contribution in [0.3, 0.4) is 0 Å². The molecule has 0 bridgehead atoms. The predicted octanol–water partition coefficient (Wildman–Crippen LogP) is 25.3. The number of aromatic nitrogens is 3. The fourth-order valence-corrected chi connectivity index (χ4v) is 21.9. The summed E-state index contributed by atoms with van der Waals surface area (Å²) in [4.78, 5) is 24.0. The van der Waals surface area contributed by atoms with Crippen molar-refractivity contribution in [1.29, 1.82) is 0 Å². The Bertz CT molecular complexity index is 5840. The Balaban J connectivity index is 0.844. The van der Waals surface area contributed by atoms with E-state index in [0.29, 0.717) is 0 Å². The number of hydrogen-bond donors (Lipinski definition) is 0. The number of nitrogens with zero attached hydrogens (tertiary/aromatic N) is 6. The van der Waals surface area contributed by atoms with E-state index < -0.39 is 0 Å². The van der Waals surface area contributed by atoms with Gasteiger partial charge in [0, 0.05) is 68.1 Å². The monoisotopic (exact) mass is 1310 g/mol. The Morgan fingerprint density at radius 3 is 0.941 bits per heavy atom. The molecule has 6 aliphatic rings. The van der Waals surface area contributed by atoms with Gasteiger partial charge in [-0.2, -0.15) is 0 Å². The zero-order valence-electron chi connectivity index (χ0n) is 58.8. The van der Waals surface area contributed by atoms with Gasteiger partial charge in [0.15, 0.2) is 0 Å². The summed E-state index contributed by atoms with van der Waals surface area (Å²) in [5, 5.41) is 17.6. The molecule has 15 aromatic rings. The Morgan fingerprint density at radius 2 is 0.564 bits per heavy atom. The van der Waals surface area contributed by atoms with Gasteiger partial charge in [0.05, 0.1) is 16.6 Å². The van der Waals surface area contributed by atoms with Crippen molar-refractivity contribution in [2.45, 2.75) is 151 Å². The maximum Gasteiger partial charge on any atom is 0.141 e. The van der Waals surface area contributed by atoms with Crippen LogP contribution in [0.5, 0.6) is 0 Å². The lowest BCUT2D eigenvalue weighted by Gasteiger charge is -2.50. The number of anilines is 6. The van der Waals surface area contributed by atoms with E-state index in [0.717, 1.165) is 56.0 Å². The van der Waals surface area contributed by atoms with Crippen LogP contribution in [-0.4, -0.2) is 31.6 Å². The molecule has 492 valence electrons. The largest absolute Gasteiger partial charge is 0.319 e. The molecule has 6 atom stereocenters. The van der Waals surface area contributed by atoms with Crippen molar-refractivity contribution in [3.05, 3.63) is 260 Å². The van der Waals surface area contributed by atoms with Gasteiger partial charge in [-0.05, 0) is 246 Å². The minimum Gasteiger partial charge on any atom is -0.319 e. The summed E-state index contributed by atoms with van der Waals surface area (Å²) in [5.41, 5.74) is 17.3. The van der Waals surface area contributed by atoms with Crippen molar-refractivity contribution < 1.29 is 0 Å². The average Bonchev–Trinajstić information content (AvgIpc) is 1.60. The first kappa shape index (κ1) is 59.4. The minimum absolute atomic E-state index is 0.129. The van der Waals surface area contributed by atoms with Gasteiger partial charge in [-0.15, -0.1) is 0 Å². The fraction of sp³-hybridized carbons (Fsp3) is 0.253. The highest BCUT2D eigenvalue weighted by atomic mass is 15.3. The number of rotatable bonds is 7. The van der Waals surface area contributed by atoms with Crippen LogP contribution < -0.4 is 14.7 Å². The van der Waals surface area contributed by atoms with Crippen molar-refractivity contribution in [2.75, 3.05) is 14.7 Å². The molecule has 6 heterocycles. The smallest absolute Gasteiger partial charge is 0.141 e. The van der Waals surface area contributed by atoms with Gasteiger partial charge < -0.3 is 14.7 Å². The lowest BCUT2D eigenvalue weighted by Crippen LogP contribution is -2.54. The summed E-state index contributed by atoms with van der Waals surface area (Å²) in [7, 11) is 0. The number of pyridine rings is 3. The van der Waals surface area contributed by atoms with Gasteiger partial charge in [-0.25, -0.2) is 15.0 Å². The molecule has 101 heavy (non-hydrogen) atoms. The zero-order valence-corrected chi connectivity index (χ0v) is 58.8. The summed E-state index contributed by atoms with van der Waals surface area (Å²) in [6, 6.07) is 87.0. The molecular formula is C95H82N6. The molecule has 6 nitrogen and oxygen atoms in total. The Labute approximate surface area is 591 Å². The minimum atomic E-state index is -0.190. The van der Waals surface area contributed by atoms with Crippen LogP contribution in [0.2, 0.25) is 0 Å². The summed E-state index contributed by atoms with van der Waals surface area (Å²) in [6.07, 6.45) is 19.9. The summed E-state index contributed by atoms with van der Waals surface area (Å²) in [6.45, 7) is 15.4. The van der Waals surface area contributed by atoms with Gasteiger partial charge in [0.1, 0.15) is 17.5 Å². The van der Waals surface area contributed by atoms with Crippen LogP contribution in [0.1, 0.15) is 135 Å². The number of hydrogen-bond acceptors (Lipinski definition) is 6. The highest BCUT2D eigenvalue weighted by Crippen LogP contribution is 2.66. The van der Waals surface area contributed by atoms with Gasteiger partial charge >= 0.3 is 0 Å². The molecule has 3 fully saturated rings. The lowest BCUT2D eigenvalue weighted by molar-refractivity contribution is 0.194. The second-order valence-corrected chi connectivity index (χ2v) is 32.2. The Morgan fingerprint density at radius 1 is 0.257 bits per heavy atom. The SMILES string of the molecule is CC12CCCCC1(C)N(c1nccc3ccccc13)c1ccc(-c3cc(-c4ccc5c(c4)C4(C)CCCCC4(C)N5c4nccc5ccccc45)c4ccc5c(-c6cccc7ccccc67)cc(-c6ccc7c(c6)C6(C)CCCCC6(C)N7c6nccc7ccccc67)c6ccc3c4c65)cc12. The zero-order chi connectivity index (χ0) is 67.5. The molecule has 12 aromatic carbocycles. The van der Waals surface area contributed by atoms with E-state index in [-0.39, 0.29) is 32.9 Å². The van der Waals surface area contributed by atoms with Crippen LogP contribution in [-0.2, 0) is 16.2 Å². The fourth-order valence-electron chi connectivity index (χ4n) is 21.9. The van der Waals surface area contributed by atoms with Crippen molar-refractivity contribution in [1.82, 2.24) is 15.0 Å². The number of fused-ring (bicyclic) bond motifs is 13. The molecule has 3 aliphatic carbocycles. The molecule has 0 radical (unpaired) electrons. The molecule has 0 amide bonds. The first-order chi connectivity index (χ1) is 49.3. The Hall–Kier alpha value is -10.4. The maximum atomic E-state index is 5.32. The van der Waals surface area contributed by atoms with E-state index in [1.807, 2.05) is 18.6 Å². The van der Waals surface area contributed by atoms with E-state index in [1.54, 1.807) is 0 Å². The number of benzene rings is 12. The summed E-state index contributed by atoms with van der Waals surface area (Å²) < 4.78 is 0. The third-order valence-electron chi connectivity index (χ3n) is 27.8. The van der Waals surface area contributed by atoms with Crippen molar-refractivity contribution in [3.8, 4) is 44.5 Å². The van der Waals surface area contributed by atoms with Gasteiger partial charge in [-0.3, -0.25) is 0 Å². The highest BCUT2D eigenvalue weighted by molar-refractivity contribution is 6.32. The van der Waals surface area contributed by atoms with E-state index in [1.165, 1.54) is 192 Å². The predicted molar refractivity (Wildman–Crippen MR) is 424 cm³/mol. The molecule has 6 heteroatoms. The van der Waals surface area contributed by atoms with Crippen LogP contribution >= 0.6 is 0 Å². The molecule has 3 aromatic heterocycles. The van der Waals surface area contributed by atoms with E-state index in [2.05, 4.69) is 281 Å². The van der Waals surface area contributed by atoms with Crippen LogP contribution in [0.25, 0.3) is 120 Å². The van der Waals surface area contributed by atoms with E-state index >= 15 is 0 Å². The lowest BCUT2D eigenvalue weighted by atomic mass is 9.61. The Kier molecular flexibility index (Phi) is 12.4. The summed E-state index contributed by atoms with van der Waals surface area (Å²) in [5.74, 6) is 3.18. The van der Waals surface area contributed by atoms with Gasteiger partial charge in [-0.1, -0.05) is 217 Å². The first-order valence-electron chi connectivity index (χ1n) is 37.4. The second-order valence-electron chi connectivity index (χ2n) is 32.2. The third kappa shape index (κ3) is 7.81. The second kappa shape index (κ2) is 21.1. The molecule has 0 N–H and O–H groups in total. The first-order valence-corrected chi connectivity index (χ1v) is 37.4. The molecule has 21 rings (SSSR count). The van der Waals surface area contributed by atoms with Crippen LogP contribution in [0.4, 0.5) is 34.5 Å². The van der Waals surface area contributed by atoms with Gasteiger partial charge in [0.25, 0.3) is 0 Å². The standard InChI is InChI=1S/C95H82N6/c1-90-45-15-18-48-93(90,4)99(87-67-28-12-8-23-60(67)42-51-96-87)82-39-32-63(54-79(82)90)75-57-76(64-33-40-83-80(55-64)91(2)46-16-19-49-94(91,5)100(83)88-68-29-13-9-24-61(68)43-52-97-88)72-37-38-74-78(70-31-21-26-59-22-7-11-27-66(59)70)58-77(73-36-35-71(75)85(72)86(73)74)65-34-41-84-81(56-65)92(3)47-17-20-50-95(92,6)101(84)89-69-30-14-10-25-62(69)44-53-98-89/h7-14,21-44,51-58H,15-20,45-50H2,1-6H3. The third-order valence-corrected chi connectivity index (χ3v) is 27.8. The van der Waals surface area contributed by atoms with Crippen molar-refractivity contribution >= 4 is 110 Å². The van der Waals surface area contributed by atoms with E-state index in [9.17, 15) is 0 Å². The van der Waals surface area contributed by atoms with Gasteiger partial charge in [0.2, 0.25) is 0 Å². The molecule has 3 aliphatic heterocycles. The highest BCUT2D eigenvalue weighted by Gasteiger charge is 2.61. The average molecular weight is 1310 g/mol. The van der Waals surface area contributed by atoms with Crippen molar-refractivity contribution in [3.63, 3.8) is 0 Å². The molecule has 6 unspecified atom stereocenters. The maximum absolute atomic E-state index is 5.32. The van der Waals surface area contributed by atoms with Crippen molar-refractivity contribution in [2.24, 2.45) is 0 Å².